The molecule has 0 spiro atoms. The summed E-state index contributed by atoms with van der Waals surface area (Å²) in [4.78, 5) is 0.0206. The standard InChI is InChI=1S/C10H12BrNO5S2/c11-7-1-3-8(4-2-7)19(16,17)12-9-5-18(14,15)6-10(9)13/h1-4,9-10,12-13H,5-6H2/t9-,10-/m0/s1. The molecular formula is C10H12BrNO5S2. The quantitative estimate of drug-likeness (QED) is 0.773. The van der Waals surface area contributed by atoms with Gasteiger partial charge < -0.3 is 5.11 Å². The number of hydrogen-bond donors (Lipinski definition) is 2. The predicted octanol–water partition coefficient (Wildman–Crippen LogP) is -0.115. The number of sulfone groups is 1. The fourth-order valence-corrected chi connectivity index (χ4v) is 5.20. The van der Waals surface area contributed by atoms with E-state index in [0.29, 0.717) is 0 Å². The molecule has 0 amide bonds. The molecule has 0 unspecified atom stereocenters. The van der Waals surface area contributed by atoms with Gasteiger partial charge in [0.05, 0.1) is 28.5 Å². The van der Waals surface area contributed by atoms with E-state index >= 15 is 0 Å². The first-order valence-corrected chi connectivity index (χ1v) is 9.46. The van der Waals surface area contributed by atoms with Crippen molar-refractivity contribution < 1.29 is 21.9 Å². The van der Waals surface area contributed by atoms with Gasteiger partial charge in [-0.1, -0.05) is 15.9 Å². The third-order valence-corrected chi connectivity index (χ3v) is 6.50. The molecule has 2 N–H and O–H groups in total. The molecule has 0 radical (unpaired) electrons. The Hall–Kier alpha value is -0.480. The van der Waals surface area contributed by atoms with Crippen molar-refractivity contribution in [1.29, 1.82) is 0 Å². The summed E-state index contributed by atoms with van der Waals surface area (Å²) in [6.07, 6.45) is -1.21. The van der Waals surface area contributed by atoms with Crippen LogP contribution in [0.25, 0.3) is 0 Å². The Kier molecular flexibility index (Phi) is 4.03. The van der Waals surface area contributed by atoms with E-state index in [4.69, 9.17) is 0 Å². The zero-order valence-electron chi connectivity index (χ0n) is 9.65. The van der Waals surface area contributed by atoms with Gasteiger partial charge in [-0.15, -0.1) is 0 Å². The van der Waals surface area contributed by atoms with Crippen molar-refractivity contribution in [1.82, 2.24) is 4.72 Å². The van der Waals surface area contributed by atoms with E-state index in [1.807, 2.05) is 0 Å². The number of aliphatic hydroxyl groups excluding tert-OH is 1. The van der Waals surface area contributed by atoms with Gasteiger partial charge in [0.1, 0.15) is 0 Å². The Labute approximate surface area is 119 Å². The highest BCUT2D eigenvalue weighted by Crippen LogP contribution is 2.18. The lowest BCUT2D eigenvalue weighted by Gasteiger charge is -2.15. The molecule has 0 bridgehead atoms. The summed E-state index contributed by atoms with van der Waals surface area (Å²) >= 11 is 3.19. The molecule has 1 aromatic rings. The Morgan fingerprint density at radius 2 is 1.79 bits per heavy atom. The highest BCUT2D eigenvalue weighted by Gasteiger charge is 2.38. The van der Waals surface area contributed by atoms with E-state index in [1.165, 1.54) is 12.1 Å². The van der Waals surface area contributed by atoms with Crippen molar-refractivity contribution in [2.45, 2.75) is 17.0 Å². The summed E-state index contributed by atoms with van der Waals surface area (Å²) in [5, 5.41) is 9.57. The van der Waals surface area contributed by atoms with Gasteiger partial charge in [0.25, 0.3) is 0 Å². The first-order chi connectivity index (χ1) is 8.70. The van der Waals surface area contributed by atoms with Crippen LogP contribution in [-0.4, -0.2) is 45.6 Å². The van der Waals surface area contributed by atoms with Crippen molar-refractivity contribution in [2.24, 2.45) is 0 Å². The molecule has 1 heterocycles. The molecule has 1 aromatic carbocycles. The molecule has 6 nitrogen and oxygen atoms in total. The Morgan fingerprint density at radius 3 is 2.26 bits per heavy atom. The summed E-state index contributed by atoms with van der Waals surface area (Å²) in [5.74, 6) is -0.801. The van der Waals surface area contributed by atoms with Crippen LogP contribution in [-0.2, 0) is 19.9 Å². The van der Waals surface area contributed by atoms with Crippen LogP contribution >= 0.6 is 15.9 Å². The second-order valence-electron chi connectivity index (χ2n) is 4.33. The van der Waals surface area contributed by atoms with E-state index in [0.717, 1.165) is 4.47 Å². The molecule has 2 atom stereocenters. The minimum atomic E-state index is -3.84. The summed E-state index contributed by atoms with van der Waals surface area (Å²) < 4.78 is 49.6. The van der Waals surface area contributed by atoms with Gasteiger partial charge in [0, 0.05) is 4.47 Å². The SMILES string of the molecule is O=S1(=O)C[C@H](NS(=O)(=O)c2ccc(Br)cc2)[C@@H](O)C1. The van der Waals surface area contributed by atoms with Crippen LogP contribution in [0.4, 0.5) is 0 Å². The normalized spacial score (nSPS) is 26.4. The molecule has 1 aliphatic rings. The largest absolute Gasteiger partial charge is 0.390 e. The smallest absolute Gasteiger partial charge is 0.240 e. The Bertz CT molecular complexity index is 668. The van der Waals surface area contributed by atoms with Crippen molar-refractivity contribution in [3.05, 3.63) is 28.7 Å². The van der Waals surface area contributed by atoms with Crippen molar-refractivity contribution >= 4 is 35.8 Å². The number of hydrogen-bond acceptors (Lipinski definition) is 5. The number of aliphatic hydroxyl groups is 1. The zero-order chi connectivity index (χ0) is 14.3. The van der Waals surface area contributed by atoms with Crippen LogP contribution in [0, 0.1) is 0 Å². The molecule has 106 valence electrons. The highest BCUT2D eigenvalue weighted by atomic mass is 79.9. The van der Waals surface area contributed by atoms with Crippen molar-refractivity contribution in [3.8, 4) is 0 Å². The molecule has 0 aromatic heterocycles. The predicted molar refractivity (Wildman–Crippen MR) is 72.9 cm³/mol. The maximum atomic E-state index is 12.0. The summed E-state index contributed by atoms with van der Waals surface area (Å²) in [5.41, 5.74) is 0. The lowest BCUT2D eigenvalue weighted by molar-refractivity contribution is 0.176. The van der Waals surface area contributed by atoms with Crippen LogP contribution in [0.5, 0.6) is 0 Å². The molecule has 1 aliphatic heterocycles. The van der Waals surface area contributed by atoms with Crippen molar-refractivity contribution in [2.75, 3.05) is 11.5 Å². The molecule has 9 heteroatoms. The van der Waals surface area contributed by atoms with Crippen LogP contribution < -0.4 is 4.72 Å². The van der Waals surface area contributed by atoms with Gasteiger partial charge >= 0.3 is 0 Å². The molecule has 0 aliphatic carbocycles. The lowest BCUT2D eigenvalue weighted by Crippen LogP contribution is -2.42. The number of halogens is 1. The van der Waals surface area contributed by atoms with Crippen LogP contribution in [0.3, 0.4) is 0 Å². The molecule has 1 saturated heterocycles. The van der Waals surface area contributed by atoms with Crippen LogP contribution in [0.15, 0.2) is 33.6 Å². The molecule has 1 fully saturated rings. The first kappa shape index (κ1) is 14.9. The Morgan fingerprint density at radius 1 is 1.21 bits per heavy atom. The second-order valence-corrected chi connectivity index (χ2v) is 9.11. The van der Waals surface area contributed by atoms with E-state index in [2.05, 4.69) is 20.7 Å². The third-order valence-electron chi connectivity index (χ3n) is 2.75. The number of benzene rings is 1. The monoisotopic (exact) mass is 369 g/mol. The van der Waals surface area contributed by atoms with Gasteiger partial charge in [0.15, 0.2) is 9.84 Å². The van der Waals surface area contributed by atoms with Gasteiger partial charge in [-0.05, 0) is 24.3 Å². The zero-order valence-corrected chi connectivity index (χ0v) is 12.9. The first-order valence-electron chi connectivity index (χ1n) is 5.36. The van der Waals surface area contributed by atoms with E-state index in [1.54, 1.807) is 12.1 Å². The van der Waals surface area contributed by atoms with E-state index in [-0.39, 0.29) is 10.6 Å². The lowest BCUT2D eigenvalue weighted by atomic mass is 10.2. The second kappa shape index (κ2) is 5.13. The molecule has 0 saturated carbocycles. The average Bonchev–Trinajstić information content (AvgIpc) is 2.51. The number of nitrogens with one attached hydrogen (secondary N) is 1. The fourth-order valence-electron chi connectivity index (χ4n) is 1.82. The highest BCUT2D eigenvalue weighted by molar-refractivity contribution is 9.10. The molecule has 19 heavy (non-hydrogen) atoms. The minimum absolute atomic E-state index is 0.0206. The van der Waals surface area contributed by atoms with Gasteiger partial charge in [-0.25, -0.2) is 21.6 Å². The summed E-state index contributed by atoms with van der Waals surface area (Å²) in [6, 6.07) is 4.91. The maximum absolute atomic E-state index is 12.0. The van der Waals surface area contributed by atoms with Crippen molar-refractivity contribution in [3.63, 3.8) is 0 Å². The third kappa shape index (κ3) is 3.54. The number of sulfonamides is 1. The molecular weight excluding hydrogens is 358 g/mol. The minimum Gasteiger partial charge on any atom is -0.390 e. The number of rotatable bonds is 3. The van der Waals surface area contributed by atoms with Crippen LogP contribution in [0.2, 0.25) is 0 Å². The maximum Gasteiger partial charge on any atom is 0.240 e. The van der Waals surface area contributed by atoms with E-state index < -0.39 is 37.8 Å². The van der Waals surface area contributed by atoms with E-state index in [9.17, 15) is 21.9 Å². The van der Waals surface area contributed by atoms with Gasteiger partial charge in [0.2, 0.25) is 10.0 Å². The summed E-state index contributed by atoms with van der Waals surface area (Å²) in [6.45, 7) is 0. The fraction of sp³-hybridized carbons (Fsp3) is 0.400. The van der Waals surface area contributed by atoms with Gasteiger partial charge in [-0.3, -0.25) is 0 Å². The molecule has 2 rings (SSSR count). The Balaban J connectivity index is 2.21. The van der Waals surface area contributed by atoms with Crippen LogP contribution in [0.1, 0.15) is 0 Å². The summed E-state index contributed by atoms with van der Waals surface area (Å²) in [7, 11) is -7.23. The average molecular weight is 370 g/mol. The topological polar surface area (TPSA) is 101 Å². The van der Waals surface area contributed by atoms with Gasteiger partial charge in [-0.2, -0.15) is 0 Å².